The summed E-state index contributed by atoms with van der Waals surface area (Å²) in [4.78, 5) is 12.1. The van der Waals surface area contributed by atoms with E-state index in [4.69, 9.17) is 4.74 Å². The molecule has 3 nitrogen and oxygen atoms in total. The molecule has 0 spiro atoms. The lowest BCUT2D eigenvalue weighted by Gasteiger charge is -2.58. The van der Waals surface area contributed by atoms with Crippen LogP contribution in [0.25, 0.3) is 0 Å². The maximum Gasteiger partial charge on any atom is 0.311 e. The molecule has 3 rings (SSSR count). The van der Waals surface area contributed by atoms with E-state index in [2.05, 4.69) is 13.8 Å². The molecule has 0 aromatic carbocycles. The van der Waals surface area contributed by atoms with Gasteiger partial charge in [0.05, 0.1) is 18.6 Å². The second-order valence-electron chi connectivity index (χ2n) is 8.37. The van der Waals surface area contributed by atoms with Gasteiger partial charge in [-0.2, -0.15) is 0 Å². The van der Waals surface area contributed by atoms with Crippen molar-refractivity contribution < 1.29 is 14.6 Å². The number of ether oxygens (including phenoxy) is 1. The molecule has 0 radical (unpaired) electrons. The largest absolute Gasteiger partial charge is 0.469 e. The van der Waals surface area contributed by atoms with Crippen molar-refractivity contribution in [2.45, 2.75) is 71.3 Å². The first-order valence-electron chi connectivity index (χ1n) is 8.65. The number of aliphatic hydroxyl groups excluding tert-OH is 1. The first-order chi connectivity index (χ1) is 9.89. The van der Waals surface area contributed by atoms with Gasteiger partial charge < -0.3 is 9.84 Å². The van der Waals surface area contributed by atoms with Gasteiger partial charge in [0.15, 0.2) is 0 Å². The Hall–Kier alpha value is -0.570. The zero-order chi connectivity index (χ0) is 15.3. The van der Waals surface area contributed by atoms with Crippen molar-refractivity contribution in [3.63, 3.8) is 0 Å². The predicted octanol–water partition coefficient (Wildman–Crippen LogP) is 3.54. The summed E-state index contributed by atoms with van der Waals surface area (Å²) in [6.07, 6.45) is 8.60. The van der Waals surface area contributed by atoms with Crippen LogP contribution >= 0.6 is 0 Å². The molecule has 3 heteroatoms. The van der Waals surface area contributed by atoms with Crippen LogP contribution in [0.2, 0.25) is 0 Å². The summed E-state index contributed by atoms with van der Waals surface area (Å²) in [5, 5.41) is 9.99. The molecule has 3 aliphatic carbocycles. The number of aliphatic hydroxyl groups is 1. The molecule has 0 aromatic heterocycles. The first-order valence-corrected chi connectivity index (χ1v) is 8.65. The summed E-state index contributed by atoms with van der Waals surface area (Å²) in [6, 6.07) is 0. The number of carbonyl (C=O) groups is 1. The Balaban J connectivity index is 1.78. The second kappa shape index (κ2) is 5.26. The van der Waals surface area contributed by atoms with Crippen molar-refractivity contribution >= 4 is 5.97 Å². The van der Waals surface area contributed by atoms with Crippen molar-refractivity contribution in [3.05, 3.63) is 0 Å². The van der Waals surface area contributed by atoms with Gasteiger partial charge in [0.1, 0.15) is 0 Å². The minimum Gasteiger partial charge on any atom is -0.469 e. The lowest BCUT2D eigenvalue weighted by Crippen LogP contribution is -2.51. The van der Waals surface area contributed by atoms with Gasteiger partial charge in [0.25, 0.3) is 0 Å². The molecule has 0 unspecified atom stereocenters. The number of esters is 1. The van der Waals surface area contributed by atoms with Crippen LogP contribution in [-0.2, 0) is 9.53 Å². The molecule has 0 amide bonds. The van der Waals surface area contributed by atoms with E-state index in [1.165, 1.54) is 20.0 Å². The topological polar surface area (TPSA) is 46.5 Å². The van der Waals surface area contributed by atoms with Gasteiger partial charge in [-0.05, 0) is 81.5 Å². The Kier molecular flexibility index (Phi) is 3.84. The van der Waals surface area contributed by atoms with Crippen LogP contribution in [0, 0.1) is 28.6 Å². The highest BCUT2D eigenvalue weighted by molar-refractivity contribution is 5.76. The van der Waals surface area contributed by atoms with Crippen LogP contribution in [0.4, 0.5) is 0 Å². The number of methoxy groups -OCH3 is 1. The number of carbonyl (C=O) groups excluding carboxylic acids is 1. The summed E-state index contributed by atoms with van der Waals surface area (Å²) in [7, 11) is 1.51. The van der Waals surface area contributed by atoms with Crippen molar-refractivity contribution in [1.82, 2.24) is 0 Å². The molecular formula is C18H30O3. The van der Waals surface area contributed by atoms with Crippen LogP contribution in [0.1, 0.15) is 65.2 Å². The van der Waals surface area contributed by atoms with Gasteiger partial charge in [0.2, 0.25) is 0 Å². The highest BCUT2D eigenvalue weighted by Crippen LogP contribution is 2.61. The van der Waals surface area contributed by atoms with E-state index >= 15 is 0 Å². The van der Waals surface area contributed by atoms with Crippen molar-refractivity contribution in [2.24, 2.45) is 28.6 Å². The summed E-state index contributed by atoms with van der Waals surface area (Å²) in [5.41, 5.74) is 0.118. The normalized spacial score (nSPS) is 49.9. The zero-order valence-electron chi connectivity index (χ0n) is 13.7. The molecule has 3 saturated carbocycles. The fraction of sp³-hybridized carbons (Fsp3) is 0.944. The minimum atomic E-state index is -0.271. The number of fused-ring (bicyclic) bond motifs is 3. The Morgan fingerprint density at radius 3 is 2.62 bits per heavy atom. The van der Waals surface area contributed by atoms with Gasteiger partial charge in [-0.15, -0.1) is 0 Å². The summed E-state index contributed by atoms with van der Waals surface area (Å²) in [6.45, 7) is 4.55. The van der Waals surface area contributed by atoms with Crippen LogP contribution in [-0.4, -0.2) is 24.3 Å². The maximum absolute atomic E-state index is 12.1. The molecule has 21 heavy (non-hydrogen) atoms. The van der Waals surface area contributed by atoms with Crippen LogP contribution in [0.15, 0.2) is 0 Å². The maximum atomic E-state index is 12.1. The third-order valence-corrected chi connectivity index (χ3v) is 7.21. The number of hydrogen-bond donors (Lipinski definition) is 1. The number of hydrogen-bond acceptors (Lipinski definition) is 3. The third-order valence-electron chi connectivity index (χ3n) is 7.21. The average Bonchev–Trinajstić information content (AvgIpc) is 2.47. The monoisotopic (exact) mass is 294 g/mol. The molecular weight excluding hydrogens is 264 g/mol. The standard InChI is InChI=1S/C18H30O3/c1-17(16(20)21-3)8-7-15-12(11-17)4-5-13-10-14(19)6-9-18(13,15)2/h12-15,19H,4-11H2,1-3H3/t12-,13+,14+,15-,17-,18-/m0/s1. The SMILES string of the molecule is COC(=O)[C@@]1(C)CC[C@H]2[C@@H](CC[C@@H]3C[C@H](O)CC[C@@]32C)C1. The fourth-order valence-electron chi connectivity index (χ4n) is 5.88. The van der Waals surface area contributed by atoms with Gasteiger partial charge in [-0.3, -0.25) is 4.79 Å². The van der Waals surface area contributed by atoms with Crippen molar-refractivity contribution in [3.8, 4) is 0 Å². The second-order valence-corrected chi connectivity index (χ2v) is 8.37. The van der Waals surface area contributed by atoms with Crippen LogP contribution in [0.5, 0.6) is 0 Å². The lowest BCUT2D eigenvalue weighted by molar-refractivity contribution is -0.161. The molecule has 0 saturated heterocycles. The third kappa shape index (κ3) is 2.42. The molecule has 1 N–H and O–H groups in total. The first kappa shape index (κ1) is 15.3. The zero-order valence-corrected chi connectivity index (χ0v) is 13.7. The summed E-state index contributed by atoms with van der Waals surface area (Å²) < 4.78 is 5.05. The minimum absolute atomic E-state index is 0.0210. The van der Waals surface area contributed by atoms with Crippen LogP contribution < -0.4 is 0 Å². The highest BCUT2D eigenvalue weighted by atomic mass is 16.5. The van der Waals surface area contributed by atoms with E-state index in [0.29, 0.717) is 17.3 Å². The summed E-state index contributed by atoms with van der Waals surface area (Å²) in [5.74, 6) is 2.07. The predicted molar refractivity (Wildman–Crippen MR) is 81.6 cm³/mol. The van der Waals surface area contributed by atoms with E-state index in [-0.39, 0.29) is 17.5 Å². The molecule has 0 bridgehead atoms. The molecule has 0 aliphatic heterocycles. The van der Waals surface area contributed by atoms with Crippen molar-refractivity contribution in [2.75, 3.05) is 7.11 Å². The molecule has 0 heterocycles. The highest BCUT2D eigenvalue weighted by Gasteiger charge is 2.54. The number of rotatable bonds is 1. The van der Waals surface area contributed by atoms with Gasteiger partial charge in [0, 0.05) is 0 Å². The molecule has 120 valence electrons. The van der Waals surface area contributed by atoms with Crippen LogP contribution in [0.3, 0.4) is 0 Å². The Labute approximate surface area is 128 Å². The van der Waals surface area contributed by atoms with Gasteiger partial charge >= 0.3 is 5.97 Å². The molecule has 3 fully saturated rings. The molecule has 6 atom stereocenters. The van der Waals surface area contributed by atoms with Gasteiger partial charge in [-0.1, -0.05) is 6.92 Å². The van der Waals surface area contributed by atoms with Crippen molar-refractivity contribution in [1.29, 1.82) is 0 Å². The van der Waals surface area contributed by atoms with E-state index in [1.807, 2.05) is 0 Å². The van der Waals surface area contributed by atoms with E-state index in [9.17, 15) is 9.90 Å². The van der Waals surface area contributed by atoms with E-state index in [1.54, 1.807) is 0 Å². The average molecular weight is 294 g/mol. The Morgan fingerprint density at radius 2 is 1.90 bits per heavy atom. The van der Waals surface area contributed by atoms with E-state index < -0.39 is 0 Å². The Morgan fingerprint density at radius 1 is 1.14 bits per heavy atom. The smallest absolute Gasteiger partial charge is 0.311 e. The lowest BCUT2D eigenvalue weighted by atomic mass is 9.47. The van der Waals surface area contributed by atoms with E-state index in [0.717, 1.165) is 44.4 Å². The molecule has 0 aromatic rings. The fourth-order valence-corrected chi connectivity index (χ4v) is 5.88. The van der Waals surface area contributed by atoms with Gasteiger partial charge in [-0.25, -0.2) is 0 Å². The quantitative estimate of drug-likeness (QED) is 0.752. The Bertz CT molecular complexity index is 421. The molecule has 3 aliphatic rings. The summed E-state index contributed by atoms with van der Waals surface area (Å²) >= 11 is 0.